The molecule has 1 saturated heterocycles. The largest absolute Gasteiger partial charge is 0.468 e. The van der Waals surface area contributed by atoms with Gasteiger partial charge < -0.3 is 14.6 Å². The Morgan fingerprint density at radius 3 is 2.68 bits per heavy atom. The summed E-state index contributed by atoms with van der Waals surface area (Å²) in [6.07, 6.45) is 5.45. The first-order valence-electron chi connectivity index (χ1n) is 9.24. The number of piperazine rings is 1. The average Bonchev–Trinajstić information content (AvgIpc) is 3.36. The lowest BCUT2D eigenvalue weighted by molar-refractivity contribution is 0.166. The monoisotopic (exact) mass is 415 g/mol. The molecule has 28 heavy (non-hydrogen) atoms. The lowest BCUT2D eigenvalue weighted by Gasteiger charge is -2.35. The van der Waals surface area contributed by atoms with Crippen LogP contribution in [0.4, 0.5) is 5.69 Å². The highest BCUT2D eigenvalue weighted by molar-refractivity contribution is 7.80. The fraction of sp³-hybridized carbons (Fsp3) is 0.300. The van der Waals surface area contributed by atoms with E-state index in [0.717, 1.165) is 59.9 Å². The Hall–Kier alpha value is -2.35. The summed E-state index contributed by atoms with van der Waals surface area (Å²) in [7, 11) is 0. The molecule has 4 rings (SSSR count). The van der Waals surface area contributed by atoms with E-state index in [1.807, 2.05) is 47.3 Å². The second-order valence-corrected chi connectivity index (χ2v) is 7.58. The molecule has 0 aliphatic carbocycles. The summed E-state index contributed by atoms with van der Waals surface area (Å²) in [5.74, 6) is 1.00. The van der Waals surface area contributed by atoms with Gasteiger partial charge in [0.25, 0.3) is 0 Å². The molecule has 2 aromatic heterocycles. The van der Waals surface area contributed by atoms with Crippen LogP contribution in [0.2, 0.25) is 5.02 Å². The van der Waals surface area contributed by atoms with Crippen LogP contribution in [0.1, 0.15) is 11.3 Å². The molecule has 3 aromatic rings. The second-order valence-electron chi connectivity index (χ2n) is 6.79. The molecule has 0 unspecified atom stereocenters. The zero-order valence-electron chi connectivity index (χ0n) is 15.4. The Labute approximate surface area is 174 Å². The molecule has 1 fully saturated rings. The molecule has 1 aliphatic rings. The van der Waals surface area contributed by atoms with E-state index in [9.17, 15) is 0 Å². The lowest BCUT2D eigenvalue weighted by atomic mass is 10.2. The molecule has 0 radical (unpaired) electrons. The molecule has 1 aromatic carbocycles. The van der Waals surface area contributed by atoms with Gasteiger partial charge in [-0.1, -0.05) is 29.8 Å². The number of benzene rings is 1. The van der Waals surface area contributed by atoms with Gasteiger partial charge in [-0.05, 0) is 36.0 Å². The van der Waals surface area contributed by atoms with Crippen molar-refractivity contribution in [1.29, 1.82) is 0 Å². The number of hydrogen-bond donors (Lipinski definition) is 1. The maximum atomic E-state index is 6.23. The molecule has 0 bridgehead atoms. The summed E-state index contributed by atoms with van der Waals surface area (Å²) in [4.78, 5) is 4.57. The van der Waals surface area contributed by atoms with E-state index in [-0.39, 0.29) is 0 Å². The quantitative estimate of drug-likeness (QED) is 0.641. The van der Waals surface area contributed by atoms with Gasteiger partial charge in [0.1, 0.15) is 5.76 Å². The Kier molecular flexibility index (Phi) is 5.95. The smallest absolute Gasteiger partial charge is 0.173 e. The number of anilines is 1. The lowest BCUT2D eigenvalue weighted by Crippen LogP contribution is -2.49. The molecule has 0 amide bonds. The van der Waals surface area contributed by atoms with Crippen LogP contribution in [0, 0.1) is 0 Å². The summed E-state index contributed by atoms with van der Waals surface area (Å²) in [6.45, 7) is 5.15. The van der Waals surface area contributed by atoms with Crippen molar-refractivity contribution >= 4 is 34.6 Å². The van der Waals surface area contributed by atoms with Gasteiger partial charge in [0, 0.05) is 37.4 Å². The number of aromatic nitrogens is 2. The Morgan fingerprint density at radius 1 is 1.11 bits per heavy atom. The molecule has 3 heterocycles. The normalized spacial score (nSPS) is 15.0. The molecule has 0 atom stereocenters. The van der Waals surface area contributed by atoms with Crippen LogP contribution in [-0.2, 0) is 13.1 Å². The summed E-state index contributed by atoms with van der Waals surface area (Å²) < 4.78 is 7.29. The molecule has 0 spiro atoms. The van der Waals surface area contributed by atoms with Crippen LogP contribution in [0.25, 0.3) is 0 Å². The highest BCUT2D eigenvalue weighted by Gasteiger charge is 2.20. The molecule has 1 aliphatic heterocycles. The van der Waals surface area contributed by atoms with E-state index in [1.54, 1.807) is 12.5 Å². The molecule has 146 valence electrons. The predicted molar refractivity (Wildman–Crippen MR) is 115 cm³/mol. The van der Waals surface area contributed by atoms with Crippen LogP contribution >= 0.6 is 23.8 Å². The Bertz CT molecular complexity index is 918. The minimum Gasteiger partial charge on any atom is -0.468 e. The number of rotatable bonds is 5. The van der Waals surface area contributed by atoms with Crippen molar-refractivity contribution in [2.75, 3.05) is 31.5 Å². The zero-order valence-corrected chi connectivity index (χ0v) is 17.0. The summed E-state index contributed by atoms with van der Waals surface area (Å²) in [6, 6.07) is 11.7. The number of nitrogens with one attached hydrogen (secondary N) is 1. The van der Waals surface area contributed by atoms with Crippen LogP contribution in [-0.4, -0.2) is 50.9 Å². The highest BCUT2D eigenvalue weighted by Crippen LogP contribution is 2.17. The molecular weight excluding hydrogens is 394 g/mol. The first kappa shape index (κ1) is 19.0. The van der Waals surface area contributed by atoms with Gasteiger partial charge in [-0.25, -0.2) is 0 Å². The number of thiocarbonyl (C=S) groups is 1. The van der Waals surface area contributed by atoms with Crippen molar-refractivity contribution in [3.63, 3.8) is 0 Å². The van der Waals surface area contributed by atoms with Crippen molar-refractivity contribution in [2.24, 2.45) is 0 Å². The van der Waals surface area contributed by atoms with Gasteiger partial charge in [0.05, 0.1) is 31.2 Å². The minimum absolute atomic E-state index is 0.625. The fourth-order valence-corrected chi connectivity index (χ4v) is 3.75. The van der Waals surface area contributed by atoms with Gasteiger partial charge in [0.2, 0.25) is 0 Å². The third-order valence-electron chi connectivity index (χ3n) is 4.79. The van der Waals surface area contributed by atoms with Crippen LogP contribution < -0.4 is 5.32 Å². The number of furan rings is 1. The molecule has 8 heteroatoms. The SMILES string of the molecule is S=C(Nc1cnn(Cc2ccccc2Cl)c1)N1CCN(Cc2ccco2)CC1. The van der Waals surface area contributed by atoms with Crippen LogP contribution in [0.3, 0.4) is 0 Å². The van der Waals surface area contributed by atoms with E-state index in [4.69, 9.17) is 28.2 Å². The predicted octanol–water partition coefficient (Wildman–Crippen LogP) is 3.69. The topological polar surface area (TPSA) is 49.5 Å². The van der Waals surface area contributed by atoms with E-state index >= 15 is 0 Å². The van der Waals surface area contributed by atoms with Crippen molar-refractivity contribution in [3.05, 3.63) is 71.4 Å². The van der Waals surface area contributed by atoms with E-state index in [0.29, 0.717) is 6.54 Å². The number of hydrogen-bond acceptors (Lipinski definition) is 4. The standard InChI is InChI=1S/C20H22ClN5OS/c21-19-6-2-1-4-16(19)13-26-14-17(12-22-26)23-20(28)25-9-7-24(8-10-25)15-18-5-3-11-27-18/h1-6,11-12,14H,7-10,13,15H2,(H,23,28). The first-order chi connectivity index (χ1) is 13.7. The maximum Gasteiger partial charge on any atom is 0.173 e. The van der Waals surface area contributed by atoms with Crippen molar-refractivity contribution < 1.29 is 4.42 Å². The molecule has 0 saturated carbocycles. The number of halogens is 1. The van der Waals surface area contributed by atoms with Crippen molar-refractivity contribution in [2.45, 2.75) is 13.1 Å². The van der Waals surface area contributed by atoms with Crippen molar-refractivity contribution in [1.82, 2.24) is 19.6 Å². The van der Waals surface area contributed by atoms with Gasteiger partial charge >= 0.3 is 0 Å². The molecule has 1 N–H and O–H groups in total. The second kappa shape index (κ2) is 8.77. The summed E-state index contributed by atoms with van der Waals surface area (Å²) in [5.41, 5.74) is 1.92. The van der Waals surface area contributed by atoms with E-state index < -0.39 is 0 Å². The Balaban J connectivity index is 1.27. The van der Waals surface area contributed by atoms with Gasteiger partial charge in [0.15, 0.2) is 5.11 Å². The van der Waals surface area contributed by atoms with Gasteiger partial charge in [-0.3, -0.25) is 9.58 Å². The van der Waals surface area contributed by atoms with Gasteiger partial charge in [-0.15, -0.1) is 0 Å². The summed E-state index contributed by atoms with van der Waals surface area (Å²) in [5, 5.41) is 9.18. The molecule has 6 nitrogen and oxygen atoms in total. The van der Waals surface area contributed by atoms with Crippen molar-refractivity contribution in [3.8, 4) is 0 Å². The zero-order chi connectivity index (χ0) is 19.3. The first-order valence-corrected chi connectivity index (χ1v) is 10.0. The van der Waals surface area contributed by atoms with E-state index in [2.05, 4.69) is 20.2 Å². The Morgan fingerprint density at radius 2 is 1.93 bits per heavy atom. The van der Waals surface area contributed by atoms with E-state index in [1.165, 1.54) is 0 Å². The number of nitrogens with zero attached hydrogens (tertiary/aromatic N) is 4. The fourth-order valence-electron chi connectivity index (χ4n) is 3.25. The third kappa shape index (κ3) is 4.73. The maximum absolute atomic E-state index is 6.23. The average molecular weight is 416 g/mol. The van der Waals surface area contributed by atoms with Crippen LogP contribution in [0.15, 0.2) is 59.5 Å². The highest BCUT2D eigenvalue weighted by atomic mass is 35.5. The van der Waals surface area contributed by atoms with Gasteiger partial charge in [-0.2, -0.15) is 5.10 Å². The molecular formula is C20H22ClN5OS. The minimum atomic E-state index is 0.625. The summed E-state index contributed by atoms with van der Waals surface area (Å²) >= 11 is 11.8. The third-order valence-corrected chi connectivity index (χ3v) is 5.52. The van der Waals surface area contributed by atoms with Crippen LogP contribution in [0.5, 0.6) is 0 Å².